The molecule has 0 atom stereocenters. The summed E-state index contributed by atoms with van der Waals surface area (Å²) in [4.78, 5) is 23.2. The zero-order chi connectivity index (χ0) is 20.4. The molecule has 10 heteroatoms. The minimum atomic E-state index is -0.207. The summed E-state index contributed by atoms with van der Waals surface area (Å²) in [5.41, 5.74) is 1.57. The fraction of sp³-hybridized carbons (Fsp3) is 0.211. The number of fused-ring (bicyclic) bond motifs is 1. The molecule has 1 amide bonds. The number of nitrogens with one attached hydrogen (secondary N) is 3. The number of nitrogens with zero attached hydrogens (tertiary/aromatic N) is 5. The van der Waals surface area contributed by atoms with Gasteiger partial charge < -0.3 is 20.4 Å². The van der Waals surface area contributed by atoms with Gasteiger partial charge in [0.1, 0.15) is 17.8 Å². The van der Waals surface area contributed by atoms with E-state index in [1.807, 2.05) is 0 Å². The van der Waals surface area contributed by atoms with Crippen molar-refractivity contribution in [1.82, 2.24) is 30.0 Å². The Morgan fingerprint density at radius 3 is 2.93 bits per heavy atom. The number of nitriles is 1. The summed E-state index contributed by atoms with van der Waals surface area (Å²) < 4.78 is 7.59. The number of hydrogen-bond donors (Lipinski definition) is 3. The second-order valence-electron chi connectivity index (χ2n) is 6.53. The Bertz CT molecular complexity index is 1130. The van der Waals surface area contributed by atoms with Gasteiger partial charge in [0.15, 0.2) is 0 Å². The van der Waals surface area contributed by atoms with Gasteiger partial charge in [-0.05, 0) is 6.08 Å². The average Bonchev–Trinajstić information content (AvgIpc) is 3.32. The number of aromatic amines is 1. The van der Waals surface area contributed by atoms with Gasteiger partial charge in [0.05, 0.1) is 29.0 Å². The first kappa shape index (κ1) is 18.2. The molecule has 0 aromatic carbocycles. The molecule has 146 valence electrons. The molecule has 3 N–H and O–H groups in total. The Morgan fingerprint density at radius 1 is 1.41 bits per heavy atom. The predicted octanol–water partition coefficient (Wildman–Crippen LogP) is 2.08. The highest BCUT2D eigenvalue weighted by Crippen LogP contribution is 2.32. The number of rotatable bonds is 7. The van der Waals surface area contributed by atoms with Crippen LogP contribution in [0.1, 0.15) is 18.4 Å². The molecule has 0 aliphatic heterocycles. The van der Waals surface area contributed by atoms with Crippen molar-refractivity contribution in [3.8, 4) is 11.9 Å². The zero-order valence-electron chi connectivity index (χ0n) is 15.4. The van der Waals surface area contributed by atoms with Crippen molar-refractivity contribution >= 4 is 34.8 Å². The molecule has 4 rings (SSSR count). The lowest BCUT2D eigenvalue weighted by Gasteiger charge is -2.35. The number of carbonyl (C=O) groups excluding carboxylic acids is 1. The fourth-order valence-electron chi connectivity index (χ4n) is 3.06. The Labute approximate surface area is 165 Å². The van der Waals surface area contributed by atoms with E-state index in [2.05, 4.69) is 49.9 Å². The van der Waals surface area contributed by atoms with E-state index in [-0.39, 0.29) is 18.1 Å². The summed E-state index contributed by atoms with van der Waals surface area (Å²) in [6.45, 7) is 7.10. The second-order valence-corrected chi connectivity index (χ2v) is 6.53. The van der Waals surface area contributed by atoms with Gasteiger partial charge in [-0.2, -0.15) is 20.3 Å². The molecule has 1 aliphatic carbocycles. The molecule has 0 bridgehead atoms. The van der Waals surface area contributed by atoms with Crippen molar-refractivity contribution < 1.29 is 9.53 Å². The molecule has 1 fully saturated rings. The van der Waals surface area contributed by atoms with E-state index in [1.165, 1.54) is 6.08 Å². The van der Waals surface area contributed by atoms with E-state index >= 15 is 0 Å². The Hall–Kier alpha value is -4.13. The first-order chi connectivity index (χ1) is 14.1. The first-order valence-corrected chi connectivity index (χ1v) is 8.92. The average molecular weight is 390 g/mol. The van der Waals surface area contributed by atoms with Gasteiger partial charge in [-0.25, -0.2) is 4.68 Å². The molecule has 3 heterocycles. The minimum absolute atomic E-state index is 0.0341. The number of aromatic nitrogens is 5. The number of anilines is 2. The van der Waals surface area contributed by atoms with Crippen LogP contribution < -0.4 is 15.4 Å². The number of H-pyrrole nitrogens is 1. The van der Waals surface area contributed by atoms with Gasteiger partial charge in [-0.1, -0.05) is 13.2 Å². The molecule has 0 saturated heterocycles. The standard InChI is InChI=1S/C19H18N8O2/c1-3-15(28)23-12-5-14(6-12)29-18-16-11(7-20)8-21-17(16)25-19(26-18)24-13-9-22-27(4-2)10-13/h3-4,8-10,12,14H,1-2,5-6H2,(H,23,28)(H2,21,24,25,26). The van der Waals surface area contributed by atoms with Crippen LogP contribution in [0.25, 0.3) is 17.2 Å². The monoisotopic (exact) mass is 390 g/mol. The predicted molar refractivity (Wildman–Crippen MR) is 106 cm³/mol. The van der Waals surface area contributed by atoms with Crippen molar-refractivity contribution in [3.63, 3.8) is 0 Å². The Kier molecular flexibility index (Phi) is 4.70. The van der Waals surface area contributed by atoms with Crippen molar-refractivity contribution in [2.75, 3.05) is 5.32 Å². The third-order valence-electron chi connectivity index (χ3n) is 4.57. The minimum Gasteiger partial charge on any atom is -0.474 e. The van der Waals surface area contributed by atoms with E-state index in [4.69, 9.17) is 4.74 Å². The SMILES string of the molecule is C=CC(=O)NC1CC(Oc2nc(Nc3cnn(C=C)c3)nc3[nH]cc(C#N)c23)C1. The number of ether oxygens (including phenoxy) is 1. The van der Waals surface area contributed by atoms with Gasteiger partial charge in [0, 0.05) is 31.3 Å². The molecule has 0 spiro atoms. The van der Waals surface area contributed by atoms with Crippen LogP contribution in [0.15, 0.2) is 37.8 Å². The van der Waals surface area contributed by atoms with E-state index < -0.39 is 0 Å². The lowest BCUT2D eigenvalue weighted by atomic mass is 9.89. The third kappa shape index (κ3) is 3.66. The van der Waals surface area contributed by atoms with Crippen LogP contribution in [-0.4, -0.2) is 42.8 Å². The topological polar surface area (TPSA) is 134 Å². The van der Waals surface area contributed by atoms with E-state index in [1.54, 1.807) is 29.5 Å². The molecule has 0 radical (unpaired) electrons. The summed E-state index contributed by atoms with van der Waals surface area (Å²) in [7, 11) is 0. The molecule has 29 heavy (non-hydrogen) atoms. The Balaban J connectivity index is 1.57. The van der Waals surface area contributed by atoms with E-state index in [0.29, 0.717) is 47.0 Å². The van der Waals surface area contributed by atoms with Crippen molar-refractivity contribution in [3.05, 3.63) is 43.4 Å². The zero-order valence-corrected chi connectivity index (χ0v) is 15.4. The van der Waals surface area contributed by atoms with E-state index in [9.17, 15) is 10.1 Å². The van der Waals surface area contributed by atoms with Gasteiger partial charge in [0.2, 0.25) is 17.7 Å². The normalized spacial score (nSPS) is 17.8. The second kappa shape index (κ2) is 7.47. The molecular weight excluding hydrogens is 372 g/mol. The van der Waals surface area contributed by atoms with Gasteiger partial charge in [-0.15, -0.1) is 0 Å². The fourth-order valence-corrected chi connectivity index (χ4v) is 3.06. The van der Waals surface area contributed by atoms with Crippen LogP contribution in [0.4, 0.5) is 11.6 Å². The van der Waals surface area contributed by atoms with Gasteiger partial charge >= 0.3 is 0 Å². The van der Waals surface area contributed by atoms with Crippen LogP contribution in [0.2, 0.25) is 0 Å². The molecule has 1 aliphatic rings. The summed E-state index contributed by atoms with van der Waals surface area (Å²) in [5, 5.41) is 19.9. The molecule has 3 aromatic heterocycles. The number of carbonyl (C=O) groups is 1. The molecular formula is C19H18N8O2. The van der Waals surface area contributed by atoms with Crippen LogP contribution in [0, 0.1) is 11.3 Å². The van der Waals surface area contributed by atoms with Crippen LogP contribution >= 0.6 is 0 Å². The molecule has 10 nitrogen and oxygen atoms in total. The van der Waals surface area contributed by atoms with E-state index in [0.717, 1.165) is 0 Å². The number of hydrogen-bond acceptors (Lipinski definition) is 7. The van der Waals surface area contributed by atoms with Crippen molar-refractivity contribution in [1.29, 1.82) is 5.26 Å². The van der Waals surface area contributed by atoms with Gasteiger partial charge in [-0.3, -0.25) is 4.79 Å². The highest BCUT2D eigenvalue weighted by molar-refractivity contribution is 5.88. The molecule has 0 unspecified atom stereocenters. The summed E-state index contributed by atoms with van der Waals surface area (Å²) in [6.07, 6.45) is 8.89. The van der Waals surface area contributed by atoms with Crippen LogP contribution in [0.3, 0.4) is 0 Å². The maximum Gasteiger partial charge on any atom is 0.243 e. The maximum absolute atomic E-state index is 11.4. The van der Waals surface area contributed by atoms with Gasteiger partial charge in [0.25, 0.3) is 0 Å². The third-order valence-corrected chi connectivity index (χ3v) is 4.57. The summed E-state index contributed by atoms with van der Waals surface area (Å²) >= 11 is 0. The molecule has 3 aromatic rings. The Morgan fingerprint density at radius 2 is 2.24 bits per heavy atom. The smallest absolute Gasteiger partial charge is 0.243 e. The highest BCUT2D eigenvalue weighted by Gasteiger charge is 2.33. The van der Waals surface area contributed by atoms with Crippen LogP contribution in [-0.2, 0) is 4.79 Å². The quantitative estimate of drug-likeness (QED) is 0.526. The lowest BCUT2D eigenvalue weighted by Crippen LogP contribution is -2.48. The lowest BCUT2D eigenvalue weighted by molar-refractivity contribution is -0.118. The summed E-state index contributed by atoms with van der Waals surface area (Å²) in [6, 6.07) is 2.15. The highest BCUT2D eigenvalue weighted by atomic mass is 16.5. The van der Waals surface area contributed by atoms with Crippen LogP contribution in [0.5, 0.6) is 5.88 Å². The summed E-state index contributed by atoms with van der Waals surface area (Å²) in [5.74, 6) is 0.407. The maximum atomic E-state index is 11.4. The first-order valence-electron chi connectivity index (χ1n) is 8.92. The number of amides is 1. The van der Waals surface area contributed by atoms with Crippen molar-refractivity contribution in [2.24, 2.45) is 0 Å². The molecule has 1 saturated carbocycles. The van der Waals surface area contributed by atoms with Crippen molar-refractivity contribution in [2.45, 2.75) is 25.0 Å². The largest absolute Gasteiger partial charge is 0.474 e.